The second-order valence-electron chi connectivity index (χ2n) is 6.61. The fourth-order valence-electron chi connectivity index (χ4n) is 3.73. The summed E-state index contributed by atoms with van der Waals surface area (Å²) in [5.74, 6) is 0. The lowest BCUT2D eigenvalue weighted by atomic mass is 9.96. The van der Waals surface area contributed by atoms with Crippen molar-refractivity contribution in [2.75, 3.05) is 0 Å². The largest absolute Gasteiger partial charge is 0.455 e. The molecule has 0 spiro atoms. The number of hydrogen-bond acceptors (Lipinski definition) is 2. The zero-order chi connectivity index (χ0) is 17.7. The Hall–Kier alpha value is -3.12. The van der Waals surface area contributed by atoms with E-state index in [1.807, 2.05) is 44.4 Å². The van der Waals surface area contributed by atoms with Gasteiger partial charge in [0, 0.05) is 28.5 Å². The molecule has 0 atom stereocenters. The van der Waals surface area contributed by atoms with Crippen molar-refractivity contribution < 1.29 is 8.98 Å². The van der Waals surface area contributed by atoms with E-state index in [2.05, 4.69) is 36.6 Å². The van der Waals surface area contributed by atoms with Crippen molar-refractivity contribution in [3.63, 3.8) is 0 Å². The van der Waals surface area contributed by atoms with Crippen LogP contribution in [0.4, 0.5) is 0 Å². The predicted molar refractivity (Wildman–Crippen MR) is 99.3 cm³/mol. The fourth-order valence-corrected chi connectivity index (χ4v) is 3.73. The van der Waals surface area contributed by atoms with Crippen LogP contribution in [0, 0.1) is 32.1 Å². The molecule has 0 aliphatic carbocycles. The van der Waals surface area contributed by atoms with Crippen LogP contribution in [0.15, 0.2) is 47.0 Å². The summed E-state index contributed by atoms with van der Waals surface area (Å²) in [7, 11) is 2.04. The average molecular weight is 327 g/mol. The Kier molecular flexibility index (Phi) is 3.36. The topological polar surface area (TPSA) is 40.8 Å². The lowest BCUT2D eigenvalue weighted by molar-refractivity contribution is -0.660. The van der Waals surface area contributed by atoms with Crippen LogP contribution in [0.25, 0.3) is 33.2 Å². The Morgan fingerprint density at radius 3 is 2.52 bits per heavy atom. The van der Waals surface area contributed by atoms with Crippen molar-refractivity contribution in [3.05, 3.63) is 64.8 Å². The first-order valence-corrected chi connectivity index (χ1v) is 8.34. The second-order valence-corrected chi connectivity index (χ2v) is 6.61. The highest BCUT2D eigenvalue weighted by molar-refractivity contribution is 6.12. The van der Waals surface area contributed by atoms with E-state index < -0.39 is 0 Å². The smallest absolute Gasteiger partial charge is 0.216 e. The van der Waals surface area contributed by atoms with Gasteiger partial charge in [-0.3, -0.25) is 0 Å². The minimum Gasteiger partial charge on any atom is -0.455 e. The number of rotatable bonds is 1. The molecule has 0 aliphatic rings. The normalized spacial score (nSPS) is 11.2. The third kappa shape index (κ3) is 2.15. The lowest BCUT2D eigenvalue weighted by Gasteiger charge is -2.07. The Morgan fingerprint density at radius 1 is 1.00 bits per heavy atom. The highest BCUT2D eigenvalue weighted by Crippen LogP contribution is 2.40. The van der Waals surface area contributed by atoms with Gasteiger partial charge in [-0.25, -0.2) is 4.57 Å². The molecule has 0 fully saturated rings. The van der Waals surface area contributed by atoms with E-state index >= 15 is 0 Å². The molecule has 122 valence electrons. The minimum absolute atomic E-state index is 0.660. The van der Waals surface area contributed by atoms with Crippen molar-refractivity contribution in [1.29, 1.82) is 5.26 Å². The minimum atomic E-state index is 0.660. The van der Waals surface area contributed by atoms with Gasteiger partial charge in [-0.1, -0.05) is 6.07 Å². The summed E-state index contributed by atoms with van der Waals surface area (Å²) in [6.45, 7) is 6.19. The number of furan rings is 1. The number of aryl methyl sites for hydroxylation is 4. The molecule has 2 aromatic carbocycles. The molecule has 4 aromatic rings. The molecule has 0 radical (unpaired) electrons. The molecule has 0 aliphatic heterocycles. The van der Waals surface area contributed by atoms with Crippen LogP contribution in [0.2, 0.25) is 0 Å². The molecule has 25 heavy (non-hydrogen) atoms. The van der Waals surface area contributed by atoms with Gasteiger partial charge < -0.3 is 4.42 Å². The number of nitrogens with zero attached hydrogens (tertiary/aromatic N) is 2. The van der Waals surface area contributed by atoms with Gasteiger partial charge in [0.15, 0.2) is 6.20 Å². The van der Waals surface area contributed by atoms with Crippen molar-refractivity contribution in [2.24, 2.45) is 7.05 Å². The first-order chi connectivity index (χ1) is 12.0. The molecule has 0 unspecified atom stereocenters. The van der Waals surface area contributed by atoms with E-state index in [4.69, 9.17) is 4.42 Å². The number of hydrogen-bond donors (Lipinski definition) is 0. The number of fused-ring (bicyclic) bond motifs is 3. The Bertz CT molecular complexity index is 1190. The molecule has 0 saturated heterocycles. The summed E-state index contributed by atoms with van der Waals surface area (Å²) < 4.78 is 8.47. The van der Waals surface area contributed by atoms with Gasteiger partial charge >= 0.3 is 0 Å². The van der Waals surface area contributed by atoms with Crippen LogP contribution in [0.1, 0.15) is 22.3 Å². The summed E-state index contributed by atoms with van der Waals surface area (Å²) in [6, 6.07) is 14.5. The monoisotopic (exact) mass is 327 g/mol. The van der Waals surface area contributed by atoms with Gasteiger partial charge in [0.2, 0.25) is 5.69 Å². The third-order valence-electron chi connectivity index (χ3n) is 4.99. The summed E-state index contributed by atoms with van der Waals surface area (Å²) in [6.07, 6.45) is 2.04. The molecule has 3 nitrogen and oxygen atoms in total. The first-order valence-electron chi connectivity index (χ1n) is 8.34. The van der Waals surface area contributed by atoms with Gasteiger partial charge in [-0.2, -0.15) is 5.26 Å². The molecule has 4 rings (SSSR count). The fraction of sp³-hybridized carbons (Fsp3) is 0.182. The van der Waals surface area contributed by atoms with Gasteiger partial charge in [0.25, 0.3) is 0 Å². The molecule has 0 amide bonds. The van der Waals surface area contributed by atoms with E-state index in [-0.39, 0.29) is 0 Å². The highest BCUT2D eigenvalue weighted by atomic mass is 16.3. The van der Waals surface area contributed by atoms with Crippen LogP contribution >= 0.6 is 0 Å². The van der Waals surface area contributed by atoms with Crippen molar-refractivity contribution in [2.45, 2.75) is 20.8 Å². The number of benzene rings is 2. The summed E-state index contributed by atoms with van der Waals surface area (Å²) in [4.78, 5) is 0. The maximum atomic E-state index is 9.33. The summed E-state index contributed by atoms with van der Waals surface area (Å²) in [5, 5.41) is 11.5. The molecule has 0 saturated carbocycles. The molecular formula is C22H19N2O+. The van der Waals surface area contributed by atoms with Gasteiger partial charge in [0.1, 0.15) is 18.2 Å². The molecule has 3 heteroatoms. The predicted octanol–water partition coefficient (Wildman–Crippen LogP) is 4.87. The van der Waals surface area contributed by atoms with E-state index in [0.29, 0.717) is 5.56 Å². The van der Waals surface area contributed by atoms with E-state index in [0.717, 1.165) is 38.8 Å². The van der Waals surface area contributed by atoms with E-state index in [1.54, 1.807) is 0 Å². The number of pyridine rings is 1. The molecular weight excluding hydrogens is 308 g/mol. The number of nitriles is 1. The van der Waals surface area contributed by atoms with Crippen LogP contribution in [0.5, 0.6) is 0 Å². The van der Waals surface area contributed by atoms with Crippen LogP contribution in [0.3, 0.4) is 0 Å². The lowest BCUT2D eigenvalue weighted by Crippen LogP contribution is -2.30. The standard InChI is InChI=1S/C22H19N2O/c1-13-11-14(2)20(18-7-5-6-10-24(18)4)22-19(13)17-9-8-16(12-23)15(3)21(17)25-22/h5-11H,1-4H3/q+1. The molecule has 0 N–H and O–H groups in total. The highest BCUT2D eigenvalue weighted by Gasteiger charge is 2.22. The zero-order valence-electron chi connectivity index (χ0n) is 14.8. The zero-order valence-corrected chi connectivity index (χ0v) is 14.8. The van der Waals surface area contributed by atoms with Crippen molar-refractivity contribution >= 4 is 21.9 Å². The summed E-state index contributed by atoms with van der Waals surface area (Å²) >= 11 is 0. The Balaban J connectivity index is 2.22. The van der Waals surface area contributed by atoms with Crippen molar-refractivity contribution in [1.82, 2.24) is 0 Å². The third-order valence-corrected chi connectivity index (χ3v) is 4.99. The van der Waals surface area contributed by atoms with Crippen LogP contribution in [-0.4, -0.2) is 0 Å². The molecule has 0 bridgehead atoms. The second kappa shape index (κ2) is 5.46. The molecule has 2 aromatic heterocycles. The quantitative estimate of drug-likeness (QED) is 0.468. The van der Waals surface area contributed by atoms with Crippen LogP contribution < -0.4 is 4.57 Å². The first kappa shape index (κ1) is 15.4. The van der Waals surface area contributed by atoms with Crippen LogP contribution in [-0.2, 0) is 7.05 Å². The summed E-state index contributed by atoms with van der Waals surface area (Å²) in [5.41, 5.74) is 7.86. The van der Waals surface area contributed by atoms with Gasteiger partial charge in [-0.05, 0) is 50.1 Å². The van der Waals surface area contributed by atoms with E-state index in [1.165, 1.54) is 11.1 Å². The number of aromatic nitrogens is 1. The Labute approximate surface area is 146 Å². The van der Waals surface area contributed by atoms with Gasteiger partial charge in [0.05, 0.1) is 17.2 Å². The van der Waals surface area contributed by atoms with E-state index in [9.17, 15) is 5.26 Å². The Morgan fingerprint density at radius 2 is 1.80 bits per heavy atom. The van der Waals surface area contributed by atoms with Gasteiger partial charge in [-0.15, -0.1) is 0 Å². The molecule has 2 heterocycles. The maximum Gasteiger partial charge on any atom is 0.216 e. The maximum absolute atomic E-state index is 9.33. The SMILES string of the molecule is Cc1cc(C)c2c(oc3c(C)c(C#N)ccc32)c1-c1cccc[n+]1C. The average Bonchev–Trinajstić information content (AvgIpc) is 2.97. The van der Waals surface area contributed by atoms with Crippen molar-refractivity contribution in [3.8, 4) is 17.3 Å².